The monoisotopic (exact) mass is 198 g/mol. The normalized spacial score (nSPS) is 15.3. The van der Waals surface area contributed by atoms with Gasteiger partial charge in [-0.1, -0.05) is 30.4 Å². The number of benzene rings is 1. The molecule has 1 aliphatic carbocycles. The highest BCUT2D eigenvalue weighted by Gasteiger charge is 2.06. The van der Waals surface area contributed by atoms with Crippen LogP contribution in [0.3, 0.4) is 0 Å². The van der Waals surface area contributed by atoms with Crippen LogP contribution in [0.4, 0.5) is 0 Å². The zero-order chi connectivity index (χ0) is 10.8. The van der Waals surface area contributed by atoms with E-state index in [9.17, 15) is 0 Å². The molecule has 0 saturated heterocycles. The maximum atomic E-state index is 2.34. The topological polar surface area (TPSA) is 0 Å². The molecule has 0 amide bonds. The minimum absolute atomic E-state index is 1.18. The Labute approximate surface area is 92.3 Å². The van der Waals surface area contributed by atoms with Gasteiger partial charge in [0.05, 0.1) is 0 Å². The molecule has 0 spiro atoms. The second-order valence-corrected chi connectivity index (χ2v) is 4.39. The summed E-state index contributed by atoms with van der Waals surface area (Å²) < 4.78 is 0. The van der Waals surface area contributed by atoms with Crippen LogP contribution < -0.4 is 0 Å². The first-order valence-corrected chi connectivity index (χ1v) is 5.63. The van der Waals surface area contributed by atoms with Crippen LogP contribution in [0.1, 0.15) is 35.1 Å². The van der Waals surface area contributed by atoms with E-state index in [0.29, 0.717) is 0 Å². The maximum Gasteiger partial charge on any atom is -0.0155 e. The van der Waals surface area contributed by atoms with E-state index in [1.165, 1.54) is 40.7 Å². The fourth-order valence-corrected chi connectivity index (χ4v) is 2.08. The average Bonchev–Trinajstić information content (AvgIpc) is 2.25. The second kappa shape index (κ2) is 4.06. The van der Waals surface area contributed by atoms with E-state index in [2.05, 4.69) is 51.1 Å². The Morgan fingerprint density at radius 1 is 0.867 bits per heavy atom. The first-order valence-electron chi connectivity index (χ1n) is 5.63. The molecule has 1 aliphatic rings. The molecule has 0 heterocycles. The summed E-state index contributed by atoms with van der Waals surface area (Å²) >= 11 is 0. The largest absolute Gasteiger partial charge is 0.0836 e. The van der Waals surface area contributed by atoms with Crippen LogP contribution in [0.15, 0.2) is 30.4 Å². The molecule has 1 aromatic carbocycles. The van der Waals surface area contributed by atoms with Gasteiger partial charge in [-0.15, -0.1) is 0 Å². The highest BCUT2D eigenvalue weighted by molar-refractivity contribution is 5.77. The smallest absolute Gasteiger partial charge is 0.0155 e. The minimum atomic E-state index is 1.18. The summed E-state index contributed by atoms with van der Waals surface area (Å²) in [6.45, 7) is 6.56. The van der Waals surface area contributed by atoms with Crippen molar-refractivity contribution in [3.63, 3.8) is 0 Å². The molecule has 0 N–H and O–H groups in total. The summed E-state index contributed by atoms with van der Waals surface area (Å²) in [6.07, 6.45) is 9.23. The van der Waals surface area contributed by atoms with Crippen molar-refractivity contribution in [1.82, 2.24) is 0 Å². The molecule has 0 aliphatic heterocycles. The highest BCUT2D eigenvalue weighted by atomic mass is 14.1. The molecule has 0 radical (unpaired) electrons. The van der Waals surface area contributed by atoms with Gasteiger partial charge >= 0.3 is 0 Å². The molecule has 0 nitrogen and oxygen atoms in total. The van der Waals surface area contributed by atoms with Crippen LogP contribution in [-0.2, 0) is 0 Å². The predicted molar refractivity (Wildman–Crippen MR) is 67.0 cm³/mol. The van der Waals surface area contributed by atoms with Crippen LogP contribution in [-0.4, -0.2) is 0 Å². The van der Waals surface area contributed by atoms with Gasteiger partial charge in [-0.05, 0) is 61.4 Å². The molecule has 0 bridgehead atoms. The molecule has 0 heteroatoms. The first-order chi connectivity index (χ1) is 7.18. The van der Waals surface area contributed by atoms with Gasteiger partial charge in [0.15, 0.2) is 0 Å². The number of aryl methyl sites for hydroxylation is 3. The van der Waals surface area contributed by atoms with Crippen LogP contribution in [0, 0.1) is 20.8 Å². The van der Waals surface area contributed by atoms with E-state index in [1.807, 2.05) is 0 Å². The summed E-state index contributed by atoms with van der Waals surface area (Å²) in [6, 6.07) is 4.60. The lowest BCUT2D eigenvalue weighted by Crippen LogP contribution is -1.93. The quantitative estimate of drug-likeness (QED) is 0.629. The van der Waals surface area contributed by atoms with E-state index in [1.54, 1.807) is 0 Å². The van der Waals surface area contributed by atoms with E-state index in [4.69, 9.17) is 0 Å². The van der Waals surface area contributed by atoms with Gasteiger partial charge in [0, 0.05) is 0 Å². The molecule has 15 heavy (non-hydrogen) atoms. The molecule has 1 aromatic rings. The Morgan fingerprint density at radius 2 is 1.60 bits per heavy atom. The van der Waals surface area contributed by atoms with Gasteiger partial charge in [-0.2, -0.15) is 0 Å². The van der Waals surface area contributed by atoms with Crippen LogP contribution in [0.25, 0.3) is 5.57 Å². The van der Waals surface area contributed by atoms with Crippen molar-refractivity contribution in [2.45, 2.75) is 33.6 Å². The Morgan fingerprint density at radius 3 is 2.27 bits per heavy atom. The molecule has 78 valence electrons. The standard InChI is InChI=1S/C15H18/c1-11-9-13(3)15(10-12(11)2)14-7-5-4-6-8-14/h5,7-10H,4,6H2,1-3H3. The molecule has 0 unspecified atom stereocenters. The predicted octanol–water partition coefficient (Wildman–Crippen LogP) is 4.35. The third kappa shape index (κ3) is 2.04. The van der Waals surface area contributed by atoms with Crippen LogP contribution in [0.2, 0.25) is 0 Å². The highest BCUT2D eigenvalue weighted by Crippen LogP contribution is 2.26. The third-order valence-corrected chi connectivity index (χ3v) is 3.15. The van der Waals surface area contributed by atoms with Gasteiger partial charge in [0.25, 0.3) is 0 Å². The van der Waals surface area contributed by atoms with Crippen molar-refractivity contribution >= 4 is 5.57 Å². The Bertz CT molecular complexity index is 434. The lowest BCUT2D eigenvalue weighted by atomic mass is 9.92. The Hall–Kier alpha value is -1.30. The summed E-state index contributed by atoms with van der Waals surface area (Å²) in [4.78, 5) is 0. The van der Waals surface area contributed by atoms with Crippen LogP contribution >= 0.6 is 0 Å². The number of hydrogen-bond donors (Lipinski definition) is 0. The molecule has 2 rings (SSSR count). The molecule has 0 atom stereocenters. The average molecular weight is 198 g/mol. The van der Waals surface area contributed by atoms with Crippen molar-refractivity contribution in [3.05, 3.63) is 52.6 Å². The lowest BCUT2D eigenvalue weighted by molar-refractivity contribution is 1.04. The number of rotatable bonds is 1. The Balaban J connectivity index is 2.48. The third-order valence-electron chi connectivity index (χ3n) is 3.15. The van der Waals surface area contributed by atoms with Gasteiger partial charge in [-0.3, -0.25) is 0 Å². The zero-order valence-corrected chi connectivity index (χ0v) is 9.80. The van der Waals surface area contributed by atoms with Gasteiger partial charge < -0.3 is 0 Å². The van der Waals surface area contributed by atoms with Gasteiger partial charge in [-0.25, -0.2) is 0 Å². The lowest BCUT2D eigenvalue weighted by Gasteiger charge is -2.13. The minimum Gasteiger partial charge on any atom is -0.0836 e. The van der Waals surface area contributed by atoms with E-state index in [-0.39, 0.29) is 0 Å². The molecular weight excluding hydrogens is 180 g/mol. The number of allylic oxidation sites excluding steroid dienone is 4. The molecule has 0 saturated carbocycles. The maximum absolute atomic E-state index is 2.34. The first kappa shape index (κ1) is 10.2. The summed E-state index contributed by atoms with van der Waals surface area (Å²) in [5.41, 5.74) is 6.94. The van der Waals surface area contributed by atoms with E-state index >= 15 is 0 Å². The second-order valence-electron chi connectivity index (χ2n) is 4.39. The van der Waals surface area contributed by atoms with Crippen molar-refractivity contribution < 1.29 is 0 Å². The van der Waals surface area contributed by atoms with Crippen molar-refractivity contribution in [2.24, 2.45) is 0 Å². The molecule has 0 aromatic heterocycles. The molecular formula is C15H18. The van der Waals surface area contributed by atoms with Crippen molar-refractivity contribution in [2.75, 3.05) is 0 Å². The molecule has 0 fully saturated rings. The zero-order valence-electron chi connectivity index (χ0n) is 9.80. The summed E-state index contributed by atoms with van der Waals surface area (Å²) in [5.74, 6) is 0. The summed E-state index contributed by atoms with van der Waals surface area (Å²) in [7, 11) is 0. The fraction of sp³-hybridized carbons (Fsp3) is 0.333. The van der Waals surface area contributed by atoms with E-state index in [0.717, 1.165) is 0 Å². The van der Waals surface area contributed by atoms with Gasteiger partial charge in [0.1, 0.15) is 0 Å². The van der Waals surface area contributed by atoms with Crippen molar-refractivity contribution in [1.29, 1.82) is 0 Å². The SMILES string of the molecule is Cc1cc(C)c(C2=CCCC=C2)cc1C. The van der Waals surface area contributed by atoms with Crippen molar-refractivity contribution in [3.8, 4) is 0 Å². The fourth-order valence-electron chi connectivity index (χ4n) is 2.08. The van der Waals surface area contributed by atoms with Crippen LogP contribution in [0.5, 0.6) is 0 Å². The van der Waals surface area contributed by atoms with Gasteiger partial charge in [0.2, 0.25) is 0 Å². The Kier molecular flexibility index (Phi) is 2.77. The number of hydrogen-bond acceptors (Lipinski definition) is 0. The van der Waals surface area contributed by atoms with E-state index < -0.39 is 0 Å². The summed E-state index contributed by atoms with van der Waals surface area (Å²) in [5, 5.41) is 0.